The molecule has 3 unspecified atom stereocenters. The Morgan fingerprint density at radius 1 is 1.35 bits per heavy atom. The molecule has 0 aromatic heterocycles. The summed E-state index contributed by atoms with van der Waals surface area (Å²) in [4.78, 5) is 36.3. The summed E-state index contributed by atoms with van der Waals surface area (Å²) in [6, 6.07) is 4.27. The lowest BCUT2D eigenvalue weighted by atomic mass is 9.64. The second-order valence-electron chi connectivity index (χ2n) is 7.75. The molecule has 140 valence electrons. The van der Waals surface area contributed by atoms with Gasteiger partial charge in [-0.15, -0.1) is 0 Å². The van der Waals surface area contributed by atoms with Crippen LogP contribution in [0.25, 0.3) is 0 Å². The number of carbonyl (C=O) groups is 2. The van der Waals surface area contributed by atoms with Crippen molar-refractivity contribution in [2.75, 3.05) is 12.4 Å². The number of carbonyl (C=O) groups excluding carboxylic acids is 2. The van der Waals surface area contributed by atoms with Gasteiger partial charge in [0.25, 0.3) is 5.69 Å². The zero-order chi connectivity index (χ0) is 19.5. The number of amides is 1. The van der Waals surface area contributed by atoms with Crippen LogP contribution in [0.5, 0.6) is 5.75 Å². The minimum Gasteiger partial charge on any atom is -0.496 e. The minimum absolute atomic E-state index is 0.0214. The van der Waals surface area contributed by atoms with Crippen LogP contribution in [-0.4, -0.2) is 28.6 Å². The van der Waals surface area contributed by atoms with Crippen LogP contribution in [0.4, 0.5) is 11.4 Å². The number of Topliss-reactive ketones (excluding diaryl/α,β-unsaturated/α-hetero) is 1. The first-order chi connectivity index (χ1) is 12.0. The Morgan fingerprint density at radius 3 is 2.50 bits per heavy atom. The molecule has 8 heteroatoms. The zero-order valence-electron chi connectivity index (χ0n) is 15.1. The molecule has 7 nitrogen and oxygen atoms in total. The van der Waals surface area contributed by atoms with E-state index in [2.05, 4.69) is 21.2 Å². The van der Waals surface area contributed by atoms with E-state index in [9.17, 15) is 19.7 Å². The van der Waals surface area contributed by atoms with E-state index in [1.54, 1.807) is 6.07 Å². The van der Waals surface area contributed by atoms with Crippen molar-refractivity contribution in [1.29, 1.82) is 0 Å². The van der Waals surface area contributed by atoms with E-state index in [4.69, 9.17) is 4.74 Å². The number of ether oxygens (including phenoxy) is 1. The molecule has 1 aromatic carbocycles. The molecule has 1 aromatic rings. The van der Waals surface area contributed by atoms with Crippen molar-refractivity contribution in [3.63, 3.8) is 0 Å². The molecule has 3 rings (SSSR count). The van der Waals surface area contributed by atoms with E-state index in [1.165, 1.54) is 19.2 Å². The molecule has 3 atom stereocenters. The maximum Gasteiger partial charge on any atom is 0.296 e. The van der Waals surface area contributed by atoms with Gasteiger partial charge < -0.3 is 10.1 Å². The first-order valence-corrected chi connectivity index (χ1v) is 9.27. The van der Waals surface area contributed by atoms with Gasteiger partial charge in [0, 0.05) is 5.41 Å². The van der Waals surface area contributed by atoms with Gasteiger partial charge >= 0.3 is 0 Å². The number of fused-ring (bicyclic) bond motifs is 2. The normalized spacial score (nSPS) is 31.7. The Balaban J connectivity index is 2.02. The Hall–Kier alpha value is -1.96. The van der Waals surface area contributed by atoms with Crippen molar-refractivity contribution < 1.29 is 19.2 Å². The summed E-state index contributed by atoms with van der Waals surface area (Å²) in [6.45, 7) is 5.77. The number of nitro groups is 1. The number of nitrogens with one attached hydrogen (secondary N) is 1. The topological polar surface area (TPSA) is 98.5 Å². The van der Waals surface area contributed by atoms with Crippen LogP contribution < -0.4 is 10.1 Å². The lowest BCUT2D eigenvalue weighted by molar-refractivity contribution is -0.384. The SMILES string of the molecule is COc1ccc(NC(=O)C23CCC(C)(C(=O)C2Br)C3(C)C)c([N+](=O)[O-])c1. The van der Waals surface area contributed by atoms with E-state index in [0.717, 1.165) is 0 Å². The fraction of sp³-hybridized carbons (Fsp3) is 0.556. The van der Waals surface area contributed by atoms with Crippen LogP contribution in [0, 0.1) is 26.4 Å². The summed E-state index contributed by atoms with van der Waals surface area (Å²) in [5, 5.41) is 14.1. The smallest absolute Gasteiger partial charge is 0.296 e. The third-order valence-electron chi connectivity index (χ3n) is 6.78. The third-order valence-corrected chi connectivity index (χ3v) is 7.97. The van der Waals surface area contributed by atoms with E-state index in [0.29, 0.717) is 18.6 Å². The lowest BCUT2D eigenvalue weighted by Crippen LogP contribution is -2.48. The molecule has 26 heavy (non-hydrogen) atoms. The highest BCUT2D eigenvalue weighted by Gasteiger charge is 2.76. The Morgan fingerprint density at radius 2 is 2.00 bits per heavy atom. The molecule has 2 aliphatic carbocycles. The summed E-state index contributed by atoms with van der Waals surface area (Å²) in [5.74, 6) is -0.0172. The number of anilines is 1. The van der Waals surface area contributed by atoms with E-state index in [-0.39, 0.29) is 23.1 Å². The largest absolute Gasteiger partial charge is 0.496 e. The summed E-state index contributed by atoms with van der Waals surface area (Å²) in [6.07, 6.45) is 1.17. The molecular weight excluding hydrogens is 404 g/mol. The predicted octanol–water partition coefficient (Wildman–Crippen LogP) is 3.70. The number of ketones is 1. The van der Waals surface area contributed by atoms with Crippen LogP contribution in [0.3, 0.4) is 0 Å². The summed E-state index contributed by atoms with van der Waals surface area (Å²) >= 11 is 3.45. The van der Waals surface area contributed by atoms with Crippen molar-refractivity contribution in [1.82, 2.24) is 0 Å². The number of methoxy groups -OCH3 is 1. The quantitative estimate of drug-likeness (QED) is 0.451. The van der Waals surface area contributed by atoms with E-state index in [1.807, 2.05) is 20.8 Å². The van der Waals surface area contributed by atoms with Crippen molar-refractivity contribution in [3.8, 4) is 5.75 Å². The van der Waals surface area contributed by atoms with Crippen LogP contribution in [0.1, 0.15) is 33.6 Å². The molecule has 2 saturated carbocycles. The second kappa shape index (κ2) is 5.77. The number of halogens is 1. The number of hydrogen-bond acceptors (Lipinski definition) is 5. The third kappa shape index (κ3) is 2.11. The maximum absolute atomic E-state index is 13.3. The van der Waals surface area contributed by atoms with Crippen molar-refractivity contribution >= 4 is 39.0 Å². The molecular formula is C18H21BrN2O5. The highest BCUT2D eigenvalue weighted by Crippen LogP contribution is 2.72. The van der Waals surface area contributed by atoms with Gasteiger partial charge in [-0.25, -0.2) is 0 Å². The molecule has 2 aliphatic rings. The van der Waals surface area contributed by atoms with Gasteiger partial charge in [-0.3, -0.25) is 19.7 Å². The molecule has 0 radical (unpaired) electrons. The highest BCUT2D eigenvalue weighted by molar-refractivity contribution is 9.10. The maximum atomic E-state index is 13.3. The number of alkyl halides is 1. The Labute approximate surface area is 159 Å². The van der Waals surface area contributed by atoms with Crippen molar-refractivity contribution in [3.05, 3.63) is 28.3 Å². The van der Waals surface area contributed by atoms with Gasteiger partial charge in [0.05, 0.1) is 28.3 Å². The van der Waals surface area contributed by atoms with Crippen LogP contribution >= 0.6 is 15.9 Å². The zero-order valence-corrected chi connectivity index (χ0v) is 16.7. The summed E-state index contributed by atoms with van der Waals surface area (Å²) in [7, 11) is 1.41. The van der Waals surface area contributed by atoms with Gasteiger partial charge in [-0.2, -0.15) is 0 Å². The van der Waals surface area contributed by atoms with Gasteiger partial charge in [0.1, 0.15) is 11.4 Å². The fourth-order valence-corrected chi connectivity index (χ4v) is 6.10. The minimum atomic E-state index is -0.952. The molecule has 0 heterocycles. The Kier molecular flexibility index (Phi) is 4.18. The molecule has 0 spiro atoms. The van der Waals surface area contributed by atoms with Crippen LogP contribution in [0.2, 0.25) is 0 Å². The average Bonchev–Trinajstić information content (AvgIpc) is 2.86. The van der Waals surface area contributed by atoms with E-state index >= 15 is 0 Å². The summed E-state index contributed by atoms with van der Waals surface area (Å²) < 4.78 is 5.02. The molecule has 0 aliphatic heterocycles. The van der Waals surface area contributed by atoms with Gasteiger partial charge in [0.2, 0.25) is 5.91 Å². The molecule has 2 bridgehead atoms. The van der Waals surface area contributed by atoms with Gasteiger partial charge in [-0.05, 0) is 30.4 Å². The van der Waals surface area contributed by atoms with Crippen molar-refractivity contribution in [2.45, 2.75) is 38.4 Å². The summed E-state index contributed by atoms with van der Waals surface area (Å²) in [5.41, 5.74) is -2.27. The monoisotopic (exact) mass is 424 g/mol. The first-order valence-electron chi connectivity index (χ1n) is 8.35. The Bertz CT molecular complexity index is 824. The predicted molar refractivity (Wildman–Crippen MR) is 99.6 cm³/mol. The van der Waals surface area contributed by atoms with Crippen LogP contribution in [-0.2, 0) is 9.59 Å². The van der Waals surface area contributed by atoms with Gasteiger partial charge in [-0.1, -0.05) is 36.7 Å². The fourth-order valence-electron chi connectivity index (χ4n) is 4.58. The standard InChI is InChI=1S/C18H21BrN2O5/c1-16(2)17(3)7-8-18(16,13(19)14(17)22)15(23)20-11-6-5-10(26-4)9-12(11)21(24)25/h5-6,9,13H,7-8H2,1-4H3,(H,20,23). The number of hydrogen-bond donors (Lipinski definition) is 1. The average molecular weight is 425 g/mol. The molecule has 1 amide bonds. The lowest BCUT2D eigenvalue weighted by Gasteiger charge is -2.39. The first kappa shape index (κ1) is 18.8. The van der Waals surface area contributed by atoms with Gasteiger partial charge in [0.15, 0.2) is 5.78 Å². The highest BCUT2D eigenvalue weighted by atomic mass is 79.9. The number of nitrogens with zero attached hydrogens (tertiary/aromatic N) is 1. The van der Waals surface area contributed by atoms with Crippen molar-refractivity contribution in [2.24, 2.45) is 16.2 Å². The number of nitro benzene ring substituents is 1. The second-order valence-corrected chi connectivity index (χ2v) is 8.67. The van der Waals surface area contributed by atoms with E-state index < -0.39 is 26.0 Å². The molecule has 0 saturated heterocycles. The molecule has 2 fully saturated rings. The number of rotatable bonds is 4. The number of benzene rings is 1. The molecule has 1 N–H and O–H groups in total. The van der Waals surface area contributed by atoms with Crippen LogP contribution in [0.15, 0.2) is 18.2 Å².